The zero-order valence-electron chi connectivity index (χ0n) is 21.1. The van der Waals surface area contributed by atoms with Gasteiger partial charge in [0.05, 0.1) is 18.2 Å². The number of nitrogens with zero attached hydrogens (tertiary/aromatic N) is 4. The number of benzene rings is 2. The number of carbonyl (C=O) groups is 3. The molecule has 1 atom stereocenters. The van der Waals surface area contributed by atoms with Crippen LogP contribution in [0.2, 0.25) is 0 Å². The molecule has 1 unspecified atom stereocenters. The summed E-state index contributed by atoms with van der Waals surface area (Å²) in [6, 6.07) is 13.7. The molecule has 2 fully saturated rings. The number of likely N-dealkylation sites (tertiary alicyclic amines) is 1. The molecular formula is C27H33FN4O4. The fourth-order valence-electron chi connectivity index (χ4n) is 4.99. The van der Waals surface area contributed by atoms with Gasteiger partial charge in [-0.05, 0) is 43.9 Å². The van der Waals surface area contributed by atoms with E-state index in [1.807, 2.05) is 23.9 Å². The van der Waals surface area contributed by atoms with E-state index >= 15 is 0 Å². The minimum Gasteiger partial charge on any atom is -0.497 e. The summed E-state index contributed by atoms with van der Waals surface area (Å²) in [5.74, 6) is -0.545. The summed E-state index contributed by atoms with van der Waals surface area (Å²) >= 11 is 0. The third-order valence-electron chi connectivity index (χ3n) is 7.08. The Morgan fingerprint density at radius 3 is 2.44 bits per heavy atom. The maximum Gasteiger partial charge on any atom is 0.240 e. The molecule has 4 rings (SSSR count). The van der Waals surface area contributed by atoms with Crippen molar-refractivity contribution in [2.24, 2.45) is 0 Å². The van der Waals surface area contributed by atoms with Crippen molar-refractivity contribution in [2.75, 3.05) is 65.4 Å². The van der Waals surface area contributed by atoms with Crippen molar-refractivity contribution in [2.45, 2.75) is 18.3 Å². The summed E-state index contributed by atoms with van der Waals surface area (Å²) in [6.45, 7) is 2.60. The smallest absolute Gasteiger partial charge is 0.240 e. The fourth-order valence-corrected chi connectivity index (χ4v) is 4.99. The largest absolute Gasteiger partial charge is 0.497 e. The number of hydrogen-bond donors (Lipinski definition) is 0. The molecule has 3 amide bonds. The average Bonchev–Trinajstić information content (AvgIpc) is 3.12. The van der Waals surface area contributed by atoms with Crippen LogP contribution in [0.5, 0.6) is 5.75 Å². The number of imide groups is 1. The van der Waals surface area contributed by atoms with Gasteiger partial charge in [-0.3, -0.25) is 19.3 Å². The van der Waals surface area contributed by atoms with Crippen LogP contribution in [0.25, 0.3) is 0 Å². The molecule has 2 aromatic carbocycles. The van der Waals surface area contributed by atoms with Crippen LogP contribution >= 0.6 is 0 Å². The van der Waals surface area contributed by atoms with Gasteiger partial charge >= 0.3 is 0 Å². The molecule has 2 heterocycles. The number of ether oxygens (including phenoxy) is 1. The van der Waals surface area contributed by atoms with Gasteiger partial charge in [0.15, 0.2) is 0 Å². The minimum atomic E-state index is -1.28. The second-order valence-electron chi connectivity index (χ2n) is 9.64. The Bertz CT molecular complexity index is 1130. The number of para-hydroxylation sites is 1. The quantitative estimate of drug-likeness (QED) is 0.522. The van der Waals surface area contributed by atoms with Gasteiger partial charge in [0, 0.05) is 52.1 Å². The topological polar surface area (TPSA) is 73.4 Å². The summed E-state index contributed by atoms with van der Waals surface area (Å²) in [5, 5.41) is 0. The SMILES string of the molecule is COc1cccc(C2(CC(=O)N3CCN(c4ccccc4F)CC3)CC(=O)N(CCN(C)C)C2=O)c1. The van der Waals surface area contributed by atoms with Crippen molar-refractivity contribution >= 4 is 23.4 Å². The van der Waals surface area contributed by atoms with Crippen LogP contribution in [0.4, 0.5) is 10.1 Å². The van der Waals surface area contributed by atoms with Crippen molar-refractivity contribution in [3.8, 4) is 5.75 Å². The summed E-state index contributed by atoms with van der Waals surface area (Å²) in [6.07, 6.45) is -0.170. The summed E-state index contributed by atoms with van der Waals surface area (Å²) in [7, 11) is 5.30. The first-order valence-corrected chi connectivity index (χ1v) is 12.2. The molecule has 192 valence electrons. The van der Waals surface area contributed by atoms with E-state index in [2.05, 4.69) is 0 Å². The Labute approximate surface area is 211 Å². The first-order chi connectivity index (χ1) is 17.2. The molecule has 9 heteroatoms. The highest BCUT2D eigenvalue weighted by Crippen LogP contribution is 2.41. The van der Waals surface area contributed by atoms with E-state index in [0.717, 1.165) is 0 Å². The first-order valence-electron chi connectivity index (χ1n) is 12.2. The van der Waals surface area contributed by atoms with Crippen molar-refractivity contribution in [1.29, 1.82) is 0 Å². The molecule has 2 aliphatic rings. The Hall–Kier alpha value is -3.46. The maximum atomic E-state index is 14.2. The minimum absolute atomic E-state index is 0.0621. The van der Waals surface area contributed by atoms with E-state index in [0.29, 0.717) is 49.7 Å². The number of rotatable bonds is 8. The molecule has 0 radical (unpaired) electrons. The second-order valence-corrected chi connectivity index (χ2v) is 9.64. The van der Waals surface area contributed by atoms with Gasteiger partial charge in [-0.15, -0.1) is 0 Å². The van der Waals surface area contributed by atoms with Gasteiger partial charge < -0.3 is 19.4 Å². The van der Waals surface area contributed by atoms with Crippen molar-refractivity contribution in [1.82, 2.24) is 14.7 Å². The third-order valence-corrected chi connectivity index (χ3v) is 7.08. The molecule has 0 aliphatic carbocycles. The zero-order chi connectivity index (χ0) is 25.9. The molecule has 0 N–H and O–H groups in total. The highest BCUT2D eigenvalue weighted by Gasteiger charge is 2.54. The number of carbonyl (C=O) groups excluding carboxylic acids is 3. The van der Waals surface area contributed by atoms with E-state index in [9.17, 15) is 18.8 Å². The third kappa shape index (κ3) is 5.06. The number of piperazine rings is 1. The van der Waals surface area contributed by atoms with E-state index in [1.54, 1.807) is 47.4 Å². The Kier molecular flexibility index (Phi) is 7.59. The predicted molar refractivity (Wildman–Crippen MR) is 134 cm³/mol. The lowest BCUT2D eigenvalue weighted by Gasteiger charge is -2.38. The van der Waals surface area contributed by atoms with Gasteiger partial charge in [0.1, 0.15) is 11.6 Å². The summed E-state index contributed by atoms with van der Waals surface area (Å²) < 4.78 is 19.6. The van der Waals surface area contributed by atoms with Gasteiger partial charge in [-0.25, -0.2) is 4.39 Å². The van der Waals surface area contributed by atoms with E-state index in [1.165, 1.54) is 18.1 Å². The number of likely N-dealkylation sites (N-methyl/N-ethyl adjacent to an activating group) is 1. The van der Waals surface area contributed by atoms with Crippen LogP contribution in [0, 0.1) is 5.82 Å². The number of methoxy groups -OCH3 is 1. The second kappa shape index (κ2) is 10.7. The average molecular weight is 497 g/mol. The molecule has 36 heavy (non-hydrogen) atoms. The number of halogens is 1. The lowest BCUT2D eigenvalue weighted by molar-refractivity contribution is -0.142. The molecule has 2 saturated heterocycles. The van der Waals surface area contributed by atoms with Crippen LogP contribution in [0.1, 0.15) is 18.4 Å². The summed E-state index contributed by atoms with van der Waals surface area (Å²) in [5.41, 5.74) is -0.158. The van der Waals surface area contributed by atoms with Crippen LogP contribution in [-0.4, -0.2) is 92.9 Å². The number of hydrogen-bond acceptors (Lipinski definition) is 6. The standard InChI is InChI=1S/C27H33FN4O4/c1-29(2)11-16-32-25(34)19-27(26(32)35,20-7-6-8-21(17-20)36-3)18-24(33)31-14-12-30(13-15-31)23-10-5-4-9-22(23)28/h4-10,17H,11-16,18-19H2,1-3H3. The summed E-state index contributed by atoms with van der Waals surface area (Å²) in [4.78, 5) is 47.1. The van der Waals surface area contributed by atoms with Gasteiger partial charge in [0.2, 0.25) is 17.7 Å². The van der Waals surface area contributed by atoms with Crippen LogP contribution in [-0.2, 0) is 19.8 Å². The van der Waals surface area contributed by atoms with Gasteiger partial charge in [0.25, 0.3) is 0 Å². The van der Waals surface area contributed by atoms with Crippen LogP contribution in [0.3, 0.4) is 0 Å². The maximum absolute atomic E-state index is 14.2. The zero-order valence-corrected chi connectivity index (χ0v) is 21.1. The van der Waals surface area contributed by atoms with E-state index < -0.39 is 5.41 Å². The monoisotopic (exact) mass is 496 g/mol. The Morgan fingerprint density at radius 1 is 1.06 bits per heavy atom. The fraction of sp³-hybridized carbons (Fsp3) is 0.444. The van der Waals surface area contributed by atoms with E-state index in [4.69, 9.17) is 4.74 Å². The molecule has 8 nitrogen and oxygen atoms in total. The normalized spacial score (nSPS) is 20.4. The van der Waals surface area contributed by atoms with Crippen molar-refractivity contribution < 1.29 is 23.5 Å². The van der Waals surface area contributed by atoms with E-state index in [-0.39, 0.29) is 42.9 Å². The first kappa shape index (κ1) is 25.6. The molecule has 0 saturated carbocycles. The Balaban J connectivity index is 1.55. The molecular weight excluding hydrogens is 463 g/mol. The Morgan fingerprint density at radius 2 is 1.78 bits per heavy atom. The lowest BCUT2D eigenvalue weighted by Crippen LogP contribution is -2.51. The highest BCUT2D eigenvalue weighted by molar-refractivity contribution is 6.10. The number of anilines is 1. The molecule has 2 aromatic rings. The van der Waals surface area contributed by atoms with Crippen molar-refractivity contribution in [3.05, 3.63) is 59.9 Å². The van der Waals surface area contributed by atoms with Crippen LogP contribution in [0.15, 0.2) is 48.5 Å². The lowest BCUT2D eigenvalue weighted by atomic mass is 9.75. The molecule has 2 aliphatic heterocycles. The predicted octanol–water partition coefficient (Wildman–Crippen LogP) is 2.13. The van der Waals surface area contributed by atoms with Gasteiger partial charge in [-0.1, -0.05) is 24.3 Å². The molecule has 0 aromatic heterocycles. The number of amides is 3. The van der Waals surface area contributed by atoms with Crippen LogP contribution < -0.4 is 9.64 Å². The molecule has 0 bridgehead atoms. The molecule has 0 spiro atoms. The highest BCUT2D eigenvalue weighted by atomic mass is 19.1. The van der Waals surface area contributed by atoms with Crippen molar-refractivity contribution in [3.63, 3.8) is 0 Å². The van der Waals surface area contributed by atoms with Gasteiger partial charge in [-0.2, -0.15) is 0 Å².